The van der Waals surface area contributed by atoms with Crippen molar-refractivity contribution in [2.24, 2.45) is 11.3 Å². The van der Waals surface area contributed by atoms with Gasteiger partial charge in [0.15, 0.2) is 0 Å². The highest BCUT2D eigenvalue weighted by Crippen LogP contribution is 2.34. The van der Waals surface area contributed by atoms with Crippen LogP contribution in [0.5, 0.6) is 0 Å². The van der Waals surface area contributed by atoms with Gasteiger partial charge in [0.2, 0.25) is 0 Å². The minimum absolute atomic E-state index is 0.565. The maximum Gasteiger partial charge on any atom is -0.0383 e. The van der Waals surface area contributed by atoms with Crippen LogP contribution in [0.1, 0.15) is 66.7 Å². The normalized spacial score (nSPS) is 17.8. The van der Waals surface area contributed by atoms with Crippen molar-refractivity contribution in [3.05, 3.63) is 0 Å². The smallest absolute Gasteiger partial charge is 0.0383 e. The third-order valence-corrected chi connectivity index (χ3v) is 2.53. The van der Waals surface area contributed by atoms with Gasteiger partial charge in [0.05, 0.1) is 0 Å². The molecule has 12 heavy (non-hydrogen) atoms. The monoisotopic (exact) mass is 170 g/mol. The fourth-order valence-electron chi connectivity index (χ4n) is 1.42. The molecule has 1 aliphatic carbocycles. The minimum atomic E-state index is 0.565. The van der Waals surface area contributed by atoms with E-state index in [-0.39, 0.29) is 0 Å². The summed E-state index contributed by atoms with van der Waals surface area (Å²) in [6.07, 6.45) is 7.40. The van der Waals surface area contributed by atoms with Gasteiger partial charge >= 0.3 is 0 Å². The van der Waals surface area contributed by atoms with Crippen LogP contribution in [0.2, 0.25) is 0 Å². The highest BCUT2D eigenvalue weighted by Gasteiger charge is 2.19. The van der Waals surface area contributed by atoms with Crippen LogP contribution in [0, 0.1) is 11.3 Å². The Morgan fingerprint density at radius 1 is 1.08 bits per heavy atom. The van der Waals surface area contributed by atoms with Crippen LogP contribution < -0.4 is 0 Å². The molecule has 0 amide bonds. The Balaban J connectivity index is 0.000000561. The molecule has 0 atom stereocenters. The molecule has 0 nitrogen and oxygen atoms in total. The van der Waals surface area contributed by atoms with Gasteiger partial charge in [0.25, 0.3) is 0 Å². The highest BCUT2D eigenvalue weighted by atomic mass is 14.3. The quantitative estimate of drug-likeness (QED) is 0.566. The second kappa shape index (κ2) is 5.61. The lowest BCUT2D eigenvalue weighted by Gasteiger charge is -2.28. The zero-order valence-corrected chi connectivity index (χ0v) is 9.61. The van der Waals surface area contributed by atoms with Crippen molar-refractivity contribution in [1.29, 1.82) is 0 Å². The first kappa shape index (κ1) is 12.0. The maximum absolute atomic E-state index is 2.34. The molecular formula is C12H26. The Kier molecular flexibility index (Phi) is 5.61. The van der Waals surface area contributed by atoms with E-state index in [4.69, 9.17) is 0 Å². The third kappa shape index (κ3) is 5.62. The molecule has 0 N–H and O–H groups in total. The zero-order valence-electron chi connectivity index (χ0n) is 9.61. The summed E-state index contributed by atoms with van der Waals surface area (Å²) in [5.41, 5.74) is 0.565. The van der Waals surface area contributed by atoms with Gasteiger partial charge in [-0.15, -0.1) is 0 Å². The molecule has 0 heteroatoms. The van der Waals surface area contributed by atoms with Crippen molar-refractivity contribution in [2.75, 3.05) is 0 Å². The Morgan fingerprint density at radius 2 is 1.58 bits per heavy atom. The van der Waals surface area contributed by atoms with Crippen molar-refractivity contribution in [3.8, 4) is 0 Å². The molecular weight excluding hydrogens is 144 g/mol. The molecule has 0 aromatic carbocycles. The minimum Gasteiger partial charge on any atom is -0.0683 e. The van der Waals surface area contributed by atoms with E-state index in [9.17, 15) is 0 Å². The Labute approximate surface area is 78.8 Å². The first-order chi connectivity index (χ1) is 5.58. The predicted molar refractivity (Wildman–Crippen MR) is 57.4 cm³/mol. The van der Waals surface area contributed by atoms with E-state index in [0.29, 0.717) is 5.41 Å². The van der Waals surface area contributed by atoms with E-state index in [0.717, 1.165) is 5.92 Å². The molecule has 1 fully saturated rings. The fourth-order valence-corrected chi connectivity index (χ4v) is 1.42. The van der Waals surface area contributed by atoms with Crippen LogP contribution in [0.4, 0.5) is 0 Å². The van der Waals surface area contributed by atoms with Crippen LogP contribution in [0.15, 0.2) is 0 Å². The van der Waals surface area contributed by atoms with Crippen molar-refractivity contribution < 1.29 is 0 Å². The molecule has 0 aromatic rings. The van der Waals surface area contributed by atoms with Crippen molar-refractivity contribution in [1.82, 2.24) is 0 Å². The Hall–Kier alpha value is 0. The molecule has 0 aliphatic heterocycles. The molecule has 0 radical (unpaired) electrons. The van der Waals surface area contributed by atoms with Crippen LogP contribution in [-0.4, -0.2) is 0 Å². The van der Waals surface area contributed by atoms with Gasteiger partial charge in [-0.2, -0.15) is 0 Å². The van der Waals surface area contributed by atoms with Crippen LogP contribution in [-0.2, 0) is 0 Å². The molecule has 1 rings (SSSR count). The lowest BCUT2D eigenvalue weighted by Crippen LogP contribution is -2.14. The molecule has 0 bridgehead atoms. The lowest BCUT2D eigenvalue weighted by molar-refractivity contribution is 0.243. The Morgan fingerprint density at radius 3 is 1.83 bits per heavy atom. The van der Waals surface area contributed by atoms with Crippen molar-refractivity contribution in [3.63, 3.8) is 0 Å². The van der Waals surface area contributed by atoms with E-state index >= 15 is 0 Å². The largest absolute Gasteiger partial charge is 0.0683 e. The van der Waals surface area contributed by atoms with Crippen molar-refractivity contribution >= 4 is 0 Å². The van der Waals surface area contributed by atoms with E-state index in [2.05, 4.69) is 20.8 Å². The average Bonchev–Trinajstić information content (AvgIpc) is 1.86. The van der Waals surface area contributed by atoms with E-state index in [1.54, 1.807) is 0 Å². The van der Waals surface area contributed by atoms with Crippen LogP contribution >= 0.6 is 0 Å². The van der Waals surface area contributed by atoms with Crippen LogP contribution in [0.3, 0.4) is 0 Å². The van der Waals surface area contributed by atoms with Gasteiger partial charge < -0.3 is 0 Å². The molecule has 0 heterocycles. The SMILES string of the molecule is CC.CC(C)(C)CCC1CCC1. The summed E-state index contributed by atoms with van der Waals surface area (Å²) in [5.74, 6) is 1.10. The first-order valence-corrected chi connectivity index (χ1v) is 5.58. The van der Waals surface area contributed by atoms with Gasteiger partial charge in [-0.1, -0.05) is 53.9 Å². The molecule has 74 valence electrons. The molecule has 0 aromatic heterocycles. The van der Waals surface area contributed by atoms with Gasteiger partial charge in [0, 0.05) is 0 Å². The topological polar surface area (TPSA) is 0 Å². The van der Waals surface area contributed by atoms with E-state index < -0.39 is 0 Å². The first-order valence-electron chi connectivity index (χ1n) is 5.58. The predicted octanol–water partition coefficient (Wildman–Crippen LogP) is 4.64. The molecule has 1 aliphatic rings. The molecule has 0 saturated heterocycles. The number of rotatable bonds is 2. The Bertz CT molecular complexity index is 93.1. The lowest BCUT2D eigenvalue weighted by atomic mass is 9.78. The average molecular weight is 170 g/mol. The standard InChI is InChI=1S/C10H20.C2H6/c1-10(2,3)8-7-9-5-4-6-9;1-2/h9H,4-8H2,1-3H3;1-2H3. The van der Waals surface area contributed by atoms with Gasteiger partial charge in [-0.3, -0.25) is 0 Å². The summed E-state index contributed by atoms with van der Waals surface area (Å²) in [4.78, 5) is 0. The fraction of sp³-hybridized carbons (Fsp3) is 1.00. The highest BCUT2D eigenvalue weighted by molar-refractivity contribution is 4.72. The van der Waals surface area contributed by atoms with E-state index in [1.807, 2.05) is 13.8 Å². The summed E-state index contributed by atoms with van der Waals surface area (Å²) >= 11 is 0. The molecule has 1 saturated carbocycles. The third-order valence-electron chi connectivity index (χ3n) is 2.53. The van der Waals surface area contributed by atoms with Gasteiger partial charge in [-0.05, 0) is 24.2 Å². The van der Waals surface area contributed by atoms with Crippen molar-refractivity contribution in [2.45, 2.75) is 66.7 Å². The second-order valence-corrected chi connectivity index (χ2v) is 4.90. The number of hydrogen-bond donors (Lipinski definition) is 0. The molecule has 0 spiro atoms. The summed E-state index contributed by atoms with van der Waals surface area (Å²) in [6, 6.07) is 0. The summed E-state index contributed by atoms with van der Waals surface area (Å²) in [5, 5.41) is 0. The summed E-state index contributed by atoms with van der Waals surface area (Å²) in [7, 11) is 0. The zero-order chi connectivity index (χ0) is 9.61. The van der Waals surface area contributed by atoms with Gasteiger partial charge in [-0.25, -0.2) is 0 Å². The second-order valence-electron chi connectivity index (χ2n) is 4.90. The molecule has 0 unspecified atom stereocenters. The summed E-state index contributed by atoms with van der Waals surface area (Å²) < 4.78 is 0. The number of hydrogen-bond acceptors (Lipinski definition) is 0. The van der Waals surface area contributed by atoms with Crippen LogP contribution in [0.25, 0.3) is 0 Å². The van der Waals surface area contributed by atoms with Gasteiger partial charge in [0.1, 0.15) is 0 Å². The maximum atomic E-state index is 2.34. The van der Waals surface area contributed by atoms with E-state index in [1.165, 1.54) is 32.1 Å². The summed E-state index contributed by atoms with van der Waals surface area (Å²) in [6.45, 7) is 11.0.